The molecule has 18 heavy (non-hydrogen) atoms. The molecular weight excluding hydrogens is 220 g/mol. The molecule has 1 heterocycles. The van der Waals surface area contributed by atoms with Crippen molar-refractivity contribution >= 4 is 0 Å². The second-order valence-electron chi connectivity index (χ2n) is 4.77. The number of aryl methyl sites for hydroxylation is 3. The van der Waals surface area contributed by atoms with E-state index in [4.69, 9.17) is 5.73 Å². The van der Waals surface area contributed by atoms with E-state index >= 15 is 0 Å². The highest BCUT2D eigenvalue weighted by atomic mass is 14.7. The topological polar surface area (TPSA) is 38.9 Å². The summed E-state index contributed by atoms with van der Waals surface area (Å²) in [5.41, 5.74) is 12.5. The molecule has 1 atom stereocenters. The van der Waals surface area contributed by atoms with Crippen LogP contribution in [0.15, 0.2) is 36.7 Å². The molecule has 0 aliphatic carbocycles. The minimum atomic E-state index is -0.0668. The van der Waals surface area contributed by atoms with Crippen LogP contribution in [0.3, 0.4) is 0 Å². The summed E-state index contributed by atoms with van der Waals surface area (Å²) in [5.74, 6) is 0. The molecule has 1 aromatic carbocycles. The van der Waals surface area contributed by atoms with Crippen molar-refractivity contribution in [2.75, 3.05) is 0 Å². The molecule has 0 saturated heterocycles. The van der Waals surface area contributed by atoms with Crippen molar-refractivity contribution in [1.82, 2.24) is 4.98 Å². The van der Waals surface area contributed by atoms with Gasteiger partial charge in [-0.25, -0.2) is 0 Å². The number of hydrogen-bond donors (Lipinski definition) is 1. The molecule has 2 aromatic rings. The smallest absolute Gasteiger partial charge is 0.0558 e. The minimum Gasteiger partial charge on any atom is -0.320 e. The quantitative estimate of drug-likeness (QED) is 0.894. The number of aromatic nitrogens is 1. The fourth-order valence-electron chi connectivity index (χ4n) is 2.30. The maximum atomic E-state index is 6.43. The first-order valence-electron chi connectivity index (χ1n) is 6.39. The third-order valence-corrected chi connectivity index (χ3v) is 3.43. The zero-order chi connectivity index (χ0) is 13.1. The molecule has 1 unspecified atom stereocenters. The minimum absolute atomic E-state index is 0.0668. The summed E-state index contributed by atoms with van der Waals surface area (Å²) in [6.07, 6.45) is 4.70. The first-order valence-corrected chi connectivity index (χ1v) is 6.39. The summed E-state index contributed by atoms with van der Waals surface area (Å²) in [5, 5.41) is 0. The number of pyridine rings is 1. The number of rotatable bonds is 3. The van der Waals surface area contributed by atoms with Crippen molar-refractivity contribution < 1.29 is 0 Å². The van der Waals surface area contributed by atoms with E-state index in [1.54, 1.807) is 0 Å². The van der Waals surface area contributed by atoms with Gasteiger partial charge >= 0.3 is 0 Å². The Morgan fingerprint density at radius 2 is 1.94 bits per heavy atom. The van der Waals surface area contributed by atoms with E-state index in [-0.39, 0.29) is 6.04 Å². The molecule has 94 valence electrons. The monoisotopic (exact) mass is 240 g/mol. The summed E-state index contributed by atoms with van der Waals surface area (Å²) in [6.45, 7) is 6.35. The van der Waals surface area contributed by atoms with Gasteiger partial charge in [0.25, 0.3) is 0 Å². The molecule has 0 bridgehead atoms. The van der Waals surface area contributed by atoms with E-state index in [0.717, 1.165) is 6.42 Å². The van der Waals surface area contributed by atoms with Crippen molar-refractivity contribution in [2.24, 2.45) is 5.73 Å². The van der Waals surface area contributed by atoms with Gasteiger partial charge in [-0.3, -0.25) is 4.98 Å². The lowest BCUT2D eigenvalue weighted by Gasteiger charge is -2.18. The van der Waals surface area contributed by atoms with Gasteiger partial charge in [0.1, 0.15) is 0 Å². The van der Waals surface area contributed by atoms with Crippen LogP contribution >= 0.6 is 0 Å². The van der Waals surface area contributed by atoms with E-state index in [0.29, 0.717) is 0 Å². The Morgan fingerprint density at radius 1 is 1.17 bits per heavy atom. The molecule has 0 fully saturated rings. The van der Waals surface area contributed by atoms with Crippen LogP contribution in [0.4, 0.5) is 0 Å². The molecule has 2 heteroatoms. The second kappa shape index (κ2) is 5.32. The zero-order valence-corrected chi connectivity index (χ0v) is 11.3. The highest BCUT2D eigenvalue weighted by Gasteiger charge is 2.14. The molecule has 2 rings (SSSR count). The van der Waals surface area contributed by atoms with Crippen LogP contribution in [-0.2, 0) is 6.42 Å². The lowest BCUT2D eigenvalue weighted by molar-refractivity contribution is 0.834. The Kier molecular flexibility index (Phi) is 3.78. The molecule has 0 saturated carbocycles. The SMILES string of the molecule is CCc1cnccc1C(N)c1cc(C)ccc1C. The second-order valence-corrected chi connectivity index (χ2v) is 4.77. The third kappa shape index (κ3) is 2.44. The fraction of sp³-hybridized carbons (Fsp3) is 0.312. The summed E-state index contributed by atoms with van der Waals surface area (Å²) in [4.78, 5) is 4.18. The highest BCUT2D eigenvalue weighted by Crippen LogP contribution is 2.25. The van der Waals surface area contributed by atoms with Gasteiger partial charge in [0.15, 0.2) is 0 Å². The molecule has 2 N–H and O–H groups in total. The van der Waals surface area contributed by atoms with Crippen LogP contribution in [-0.4, -0.2) is 4.98 Å². The van der Waals surface area contributed by atoms with Crippen LogP contribution in [0.2, 0.25) is 0 Å². The Morgan fingerprint density at radius 3 is 2.67 bits per heavy atom. The average Bonchev–Trinajstić information content (AvgIpc) is 2.40. The molecular formula is C16H20N2. The van der Waals surface area contributed by atoms with Gasteiger partial charge in [0.05, 0.1) is 6.04 Å². The predicted molar refractivity (Wildman–Crippen MR) is 75.6 cm³/mol. The predicted octanol–water partition coefficient (Wildman–Crippen LogP) is 3.31. The molecule has 0 aliphatic rings. The number of nitrogens with zero attached hydrogens (tertiary/aromatic N) is 1. The molecule has 2 nitrogen and oxygen atoms in total. The van der Waals surface area contributed by atoms with Gasteiger partial charge in [0, 0.05) is 12.4 Å². The van der Waals surface area contributed by atoms with Crippen LogP contribution in [0.1, 0.15) is 40.8 Å². The summed E-state index contributed by atoms with van der Waals surface area (Å²) >= 11 is 0. The molecule has 0 aliphatic heterocycles. The highest BCUT2D eigenvalue weighted by molar-refractivity contribution is 5.40. The van der Waals surface area contributed by atoms with Crippen LogP contribution in [0.25, 0.3) is 0 Å². The van der Waals surface area contributed by atoms with Gasteiger partial charge < -0.3 is 5.73 Å². The van der Waals surface area contributed by atoms with Crippen molar-refractivity contribution in [3.05, 3.63) is 64.5 Å². The normalized spacial score (nSPS) is 12.4. The van der Waals surface area contributed by atoms with E-state index in [1.807, 2.05) is 18.5 Å². The maximum absolute atomic E-state index is 6.43. The Bertz CT molecular complexity index is 547. The van der Waals surface area contributed by atoms with E-state index in [1.165, 1.54) is 27.8 Å². The molecule has 0 radical (unpaired) electrons. The summed E-state index contributed by atoms with van der Waals surface area (Å²) < 4.78 is 0. The van der Waals surface area contributed by atoms with Crippen molar-refractivity contribution in [1.29, 1.82) is 0 Å². The Labute approximate surface area is 109 Å². The lowest BCUT2D eigenvalue weighted by atomic mass is 9.92. The van der Waals surface area contributed by atoms with Gasteiger partial charge in [-0.2, -0.15) is 0 Å². The largest absolute Gasteiger partial charge is 0.320 e. The summed E-state index contributed by atoms with van der Waals surface area (Å²) in [6, 6.07) is 8.41. The van der Waals surface area contributed by atoms with E-state index in [2.05, 4.69) is 44.0 Å². The number of benzene rings is 1. The van der Waals surface area contributed by atoms with Crippen molar-refractivity contribution in [2.45, 2.75) is 33.2 Å². The molecule has 0 spiro atoms. The van der Waals surface area contributed by atoms with Gasteiger partial charge in [-0.15, -0.1) is 0 Å². The standard InChI is InChI=1S/C16H20N2/c1-4-13-10-18-8-7-14(13)16(17)15-9-11(2)5-6-12(15)3/h5-10,16H,4,17H2,1-3H3. The lowest BCUT2D eigenvalue weighted by Crippen LogP contribution is -2.15. The average molecular weight is 240 g/mol. The van der Waals surface area contributed by atoms with Crippen LogP contribution in [0, 0.1) is 13.8 Å². The Hall–Kier alpha value is -1.67. The maximum Gasteiger partial charge on any atom is 0.0558 e. The third-order valence-electron chi connectivity index (χ3n) is 3.43. The molecule has 0 amide bonds. The number of hydrogen-bond acceptors (Lipinski definition) is 2. The summed E-state index contributed by atoms with van der Waals surface area (Å²) in [7, 11) is 0. The van der Waals surface area contributed by atoms with Gasteiger partial charge in [-0.1, -0.05) is 30.7 Å². The zero-order valence-electron chi connectivity index (χ0n) is 11.3. The van der Waals surface area contributed by atoms with Gasteiger partial charge in [-0.05, 0) is 48.6 Å². The molecule has 1 aromatic heterocycles. The van der Waals surface area contributed by atoms with Crippen LogP contribution < -0.4 is 5.73 Å². The number of nitrogens with two attached hydrogens (primary N) is 1. The van der Waals surface area contributed by atoms with Crippen molar-refractivity contribution in [3.63, 3.8) is 0 Å². The first-order chi connectivity index (χ1) is 8.63. The van der Waals surface area contributed by atoms with Crippen molar-refractivity contribution in [3.8, 4) is 0 Å². The fourth-order valence-corrected chi connectivity index (χ4v) is 2.30. The van der Waals surface area contributed by atoms with E-state index in [9.17, 15) is 0 Å². The first kappa shape index (κ1) is 12.8. The Balaban J connectivity index is 2.47. The van der Waals surface area contributed by atoms with E-state index < -0.39 is 0 Å². The van der Waals surface area contributed by atoms with Crippen LogP contribution in [0.5, 0.6) is 0 Å². The van der Waals surface area contributed by atoms with Gasteiger partial charge in [0.2, 0.25) is 0 Å².